The Hall–Kier alpha value is -6.18. The molecular formula is C47H32O. The molecule has 0 unspecified atom stereocenters. The predicted octanol–water partition coefficient (Wildman–Crippen LogP) is 13.7. The Kier molecular flexibility index (Phi) is 6.59. The van der Waals surface area contributed by atoms with Gasteiger partial charge < -0.3 is 4.42 Å². The second-order valence-electron chi connectivity index (χ2n) is 12.4. The van der Waals surface area contributed by atoms with E-state index in [-0.39, 0.29) is 0 Å². The maximum absolute atomic E-state index is 6.39. The first-order valence-corrected chi connectivity index (χ1v) is 16.5. The minimum absolute atomic E-state index is 0.886. The Bertz CT molecular complexity index is 2680. The maximum atomic E-state index is 6.39. The van der Waals surface area contributed by atoms with E-state index in [1.165, 1.54) is 65.7 Å². The fourth-order valence-electron chi connectivity index (χ4n) is 7.55. The summed E-state index contributed by atoms with van der Waals surface area (Å²) < 4.78 is 6.39. The first-order valence-electron chi connectivity index (χ1n) is 16.5. The summed E-state index contributed by atoms with van der Waals surface area (Å²) in [6, 6.07) is 52.9. The molecule has 0 atom stereocenters. The Labute approximate surface area is 279 Å². The molecule has 0 saturated heterocycles. The summed E-state index contributed by atoms with van der Waals surface area (Å²) in [5.41, 5.74) is 11.4. The number of benzene rings is 8. The zero-order valence-corrected chi connectivity index (χ0v) is 26.7. The highest BCUT2D eigenvalue weighted by Crippen LogP contribution is 2.46. The van der Waals surface area contributed by atoms with E-state index >= 15 is 0 Å². The van der Waals surface area contributed by atoms with Gasteiger partial charge in [0.15, 0.2) is 0 Å². The van der Waals surface area contributed by atoms with Gasteiger partial charge >= 0.3 is 0 Å². The molecule has 0 bridgehead atoms. The minimum atomic E-state index is 0.886. The fraction of sp³-hybridized carbons (Fsp3) is 0.0213. The molecule has 0 aliphatic carbocycles. The summed E-state index contributed by atoms with van der Waals surface area (Å²) in [5.74, 6) is 0. The van der Waals surface area contributed by atoms with E-state index < -0.39 is 0 Å². The van der Waals surface area contributed by atoms with Crippen LogP contribution >= 0.6 is 0 Å². The summed E-state index contributed by atoms with van der Waals surface area (Å²) in [6.07, 6.45) is 6.08. The van der Waals surface area contributed by atoms with E-state index in [0.29, 0.717) is 0 Å². The molecule has 0 aliphatic rings. The van der Waals surface area contributed by atoms with Gasteiger partial charge in [-0.15, -0.1) is 0 Å². The lowest BCUT2D eigenvalue weighted by molar-refractivity contribution is 0.669. The zero-order valence-electron chi connectivity index (χ0n) is 26.7. The number of hydrogen-bond donors (Lipinski definition) is 0. The molecule has 0 aliphatic heterocycles. The molecule has 1 heterocycles. The smallest absolute Gasteiger partial charge is 0.136 e. The van der Waals surface area contributed by atoms with Gasteiger partial charge in [0, 0.05) is 10.8 Å². The number of hydrogen-bond acceptors (Lipinski definition) is 1. The van der Waals surface area contributed by atoms with E-state index in [0.717, 1.165) is 33.1 Å². The van der Waals surface area contributed by atoms with Gasteiger partial charge in [-0.05, 0) is 114 Å². The SMILES string of the molecule is C=Cc1cc2c(cc1/C=C\C)oc1ccc(-c3c4ccccc4c(-c4cccc5cc(-c6ccccc6)ccc45)c4ccccc34)cc12. The highest BCUT2D eigenvalue weighted by atomic mass is 16.3. The molecule has 9 aromatic rings. The normalized spacial score (nSPS) is 11.9. The van der Waals surface area contributed by atoms with Crippen molar-refractivity contribution in [1.29, 1.82) is 0 Å². The van der Waals surface area contributed by atoms with Crippen molar-refractivity contribution in [2.45, 2.75) is 6.92 Å². The number of allylic oxidation sites excluding steroid dienone is 1. The van der Waals surface area contributed by atoms with Gasteiger partial charge in [-0.1, -0.05) is 140 Å². The molecule has 0 spiro atoms. The van der Waals surface area contributed by atoms with Crippen LogP contribution in [0.5, 0.6) is 0 Å². The van der Waals surface area contributed by atoms with Crippen LogP contribution in [0.1, 0.15) is 18.1 Å². The van der Waals surface area contributed by atoms with Gasteiger partial charge in [0.2, 0.25) is 0 Å². The topological polar surface area (TPSA) is 13.1 Å². The molecule has 0 N–H and O–H groups in total. The summed E-state index contributed by atoms with van der Waals surface area (Å²) in [5, 5.41) is 9.66. The molecule has 0 amide bonds. The summed E-state index contributed by atoms with van der Waals surface area (Å²) in [4.78, 5) is 0. The van der Waals surface area contributed by atoms with Gasteiger partial charge in [-0.25, -0.2) is 0 Å². The average molecular weight is 613 g/mol. The van der Waals surface area contributed by atoms with Gasteiger partial charge in [0.25, 0.3) is 0 Å². The molecule has 1 nitrogen and oxygen atoms in total. The predicted molar refractivity (Wildman–Crippen MR) is 207 cm³/mol. The van der Waals surface area contributed by atoms with Crippen LogP contribution in [0, 0.1) is 0 Å². The maximum Gasteiger partial charge on any atom is 0.136 e. The van der Waals surface area contributed by atoms with Gasteiger partial charge in [0.05, 0.1) is 0 Å². The third kappa shape index (κ3) is 4.40. The largest absolute Gasteiger partial charge is 0.456 e. The number of furan rings is 1. The number of rotatable bonds is 5. The van der Waals surface area contributed by atoms with Crippen molar-refractivity contribution in [3.8, 4) is 33.4 Å². The van der Waals surface area contributed by atoms with Crippen LogP contribution < -0.4 is 0 Å². The quantitative estimate of drug-likeness (QED) is 0.176. The molecule has 8 aromatic carbocycles. The molecule has 1 aromatic heterocycles. The molecule has 1 heteroatoms. The molecule has 0 saturated carbocycles. The standard InChI is InChI=1S/C47H32O/c1-3-13-32-29-45-43(27-30(32)4-2)42-28-35(23-25-44(42)48-45)46-38-17-8-10-19-40(38)47(41-20-11-9-18-39(41)46)37-21-12-16-34-26-33(22-24-36(34)37)31-14-6-5-7-15-31/h3-29H,2H2,1H3/b13-3-. The van der Waals surface area contributed by atoms with Crippen molar-refractivity contribution in [2.24, 2.45) is 0 Å². The van der Waals surface area contributed by atoms with Crippen LogP contribution in [0.25, 0.3) is 99.8 Å². The van der Waals surface area contributed by atoms with Crippen LogP contribution in [0.4, 0.5) is 0 Å². The van der Waals surface area contributed by atoms with Crippen molar-refractivity contribution in [1.82, 2.24) is 0 Å². The Morgan fingerprint density at radius 2 is 1.12 bits per heavy atom. The second kappa shape index (κ2) is 11.3. The van der Waals surface area contributed by atoms with Crippen LogP contribution in [-0.4, -0.2) is 0 Å². The molecule has 0 radical (unpaired) electrons. The molecule has 48 heavy (non-hydrogen) atoms. The number of fused-ring (bicyclic) bond motifs is 6. The van der Waals surface area contributed by atoms with E-state index in [4.69, 9.17) is 4.42 Å². The lowest BCUT2D eigenvalue weighted by Crippen LogP contribution is -1.91. The minimum Gasteiger partial charge on any atom is -0.456 e. The zero-order chi connectivity index (χ0) is 32.2. The lowest BCUT2D eigenvalue weighted by atomic mass is 9.84. The van der Waals surface area contributed by atoms with Gasteiger partial charge in [0.1, 0.15) is 11.2 Å². The third-order valence-corrected chi connectivity index (χ3v) is 9.72. The van der Waals surface area contributed by atoms with Crippen LogP contribution in [0.2, 0.25) is 0 Å². The van der Waals surface area contributed by atoms with Crippen molar-refractivity contribution in [3.63, 3.8) is 0 Å². The summed E-state index contributed by atoms with van der Waals surface area (Å²) in [6.45, 7) is 6.12. The third-order valence-electron chi connectivity index (χ3n) is 9.72. The van der Waals surface area contributed by atoms with Gasteiger partial charge in [-0.2, -0.15) is 0 Å². The van der Waals surface area contributed by atoms with Crippen LogP contribution in [0.15, 0.2) is 163 Å². The fourth-order valence-corrected chi connectivity index (χ4v) is 7.55. The summed E-state index contributed by atoms with van der Waals surface area (Å²) >= 11 is 0. The Morgan fingerprint density at radius 3 is 1.83 bits per heavy atom. The van der Waals surface area contributed by atoms with Gasteiger partial charge in [-0.3, -0.25) is 0 Å². The average Bonchev–Trinajstić information content (AvgIpc) is 3.50. The Balaban J connectivity index is 1.30. The van der Waals surface area contributed by atoms with E-state index in [1.807, 2.05) is 13.0 Å². The first kappa shape index (κ1) is 28.1. The Morgan fingerprint density at radius 1 is 0.458 bits per heavy atom. The molecule has 9 rings (SSSR count). The lowest BCUT2D eigenvalue weighted by Gasteiger charge is -2.19. The van der Waals surface area contributed by atoms with Crippen molar-refractivity contribution >= 4 is 66.4 Å². The monoisotopic (exact) mass is 612 g/mol. The van der Waals surface area contributed by atoms with E-state index in [2.05, 4.69) is 164 Å². The van der Waals surface area contributed by atoms with E-state index in [1.54, 1.807) is 0 Å². The molecule has 0 fully saturated rings. The molecular weight excluding hydrogens is 581 g/mol. The van der Waals surface area contributed by atoms with Crippen molar-refractivity contribution in [3.05, 3.63) is 169 Å². The van der Waals surface area contributed by atoms with E-state index in [9.17, 15) is 0 Å². The summed E-state index contributed by atoms with van der Waals surface area (Å²) in [7, 11) is 0. The second-order valence-corrected chi connectivity index (χ2v) is 12.4. The first-order chi connectivity index (χ1) is 23.7. The van der Waals surface area contributed by atoms with Crippen LogP contribution in [-0.2, 0) is 0 Å². The highest BCUT2D eigenvalue weighted by molar-refractivity contribution is 6.24. The van der Waals surface area contributed by atoms with Crippen molar-refractivity contribution < 1.29 is 4.42 Å². The van der Waals surface area contributed by atoms with Crippen molar-refractivity contribution in [2.75, 3.05) is 0 Å². The molecule has 226 valence electrons. The van der Waals surface area contributed by atoms with Crippen LogP contribution in [0.3, 0.4) is 0 Å². The highest BCUT2D eigenvalue weighted by Gasteiger charge is 2.19.